The average Bonchev–Trinajstić information content (AvgIpc) is 3.37. The third-order valence-electron chi connectivity index (χ3n) is 7.35. The van der Waals surface area contributed by atoms with E-state index in [0.29, 0.717) is 29.9 Å². The number of rotatable bonds is 5. The van der Waals surface area contributed by atoms with Gasteiger partial charge in [0.1, 0.15) is 5.65 Å². The number of likely N-dealkylation sites (tertiary alicyclic amines) is 1. The molecule has 3 N–H and O–H groups in total. The van der Waals surface area contributed by atoms with Crippen molar-refractivity contribution >= 4 is 17.3 Å². The summed E-state index contributed by atoms with van der Waals surface area (Å²) in [5.41, 5.74) is 11.8. The second kappa shape index (κ2) is 9.75. The summed E-state index contributed by atoms with van der Waals surface area (Å²) in [4.78, 5) is 19.5. The molecular weight excluding hydrogens is 460 g/mol. The summed E-state index contributed by atoms with van der Waals surface area (Å²) in [5.74, 6) is 0.0164. The number of allylic oxidation sites excluding steroid dienone is 1. The smallest absolute Gasteiger partial charge is 0.253 e. The van der Waals surface area contributed by atoms with Gasteiger partial charge < -0.3 is 16.0 Å². The van der Waals surface area contributed by atoms with E-state index in [9.17, 15) is 4.79 Å². The number of nitrogens with zero attached hydrogens (tertiary/aromatic N) is 4. The largest absolute Gasteiger partial charge is 0.405 e. The molecule has 0 radical (unpaired) electrons. The van der Waals surface area contributed by atoms with Crippen molar-refractivity contribution in [2.45, 2.75) is 19.8 Å². The summed E-state index contributed by atoms with van der Waals surface area (Å²) in [6, 6.07) is 21.3. The molecule has 3 heterocycles. The van der Waals surface area contributed by atoms with Crippen molar-refractivity contribution in [1.29, 1.82) is 10.7 Å². The van der Waals surface area contributed by atoms with Crippen molar-refractivity contribution in [2.75, 3.05) is 13.1 Å². The maximum absolute atomic E-state index is 13.1. The van der Waals surface area contributed by atoms with Gasteiger partial charge in [0, 0.05) is 41.5 Å². The number of pyridine rings is 1. The van der Waals surface area contributed by atoms with Crippen LogP contribution in [0.15, 0.2) is 85.3 Å². The number of hydrogen-bond donors (Lipinski definition) is 2. The van der Waals surface area contributed by atoms with Gasteiger partial charge in [0.15, 0.2) is 0 Å². The lowest BCUT2D eigenvalue weighted by atomic mass is 9.76. The molecule has 0 unspecified atom stereocenters. The normalized spacial score (nSPS) is 15.1. The summed E-state index contributed by atoms with van der Waals surface area (Å²) in [6.07, 6.45) is 8.41. The molecule has 4 aromatic rings. The number of imidazole rings is 1. The highest BCUT2D eigenvalue weighted by Gasteiger charge is 2.34. The van der Waals surface area contributed by atoms with Crippen LogP contribution in [0.25, 0.3) is 28.0 Å². The van der Waals surface area contributed by atoms with Gasteiger partial charge in [-0.2, -0.15) is 5.26 Å². The minimum absolute atomic E-state index is 0.0164. The van der Waals surface area contributed by atoms with E-state index in [1.807, 2.05) is 70.2 Å². The molecule has 0 aliphatic carbocycles. The van der Waals surface area contributed by atoms with Crippen molar-refractivity contribution in [3.8, 4) is 28.5 Å². The zero-order valence-electron chi connectivity index (χ0n) is 20.7. The number of carbonyl (C=O) groups is 1. The Morgan fingerprint density at radius 3 is 2.32 bits per heavy atom. The number of nitrogens with one attached hydrogen (secondary N) is 1. The van der Waals surface area contributed by atoms with Crippen LogP contribution in [0, 0.1) is 22.2 Å². The van der Waals surface area contributed by atoms with Crippen molar-refractivity contribution in [2.24, 2.45) is 11.1 Å². The molecule has 1 aliphatic rings. The van der Waals surface area contributed by atoms with Crippen molar-refractivity contribution in [3.63, 3.8) is 0 Å². The number of aromatic nitrogens is 2. The first-order chi connectivity index (χ1) is 17.9. The van der Waals surface area contributed by atoms with Gasteiger partial charge >= 0.3 is 0 Å². The molecule has 7 heteroatoms. The van der Waals surface area contributed by atoms with E-state index >= 15 is 0 Å². The Morgan fingerprint density at radius 2 is 1.68 bits per heavy atom. The van der Waals surface area contributed by atoms with Gasteiger partial charge in [0.25, 0.3) is 5.91 Å². The van der Waals surface area contributed by atoms with Gasteiger partial charge in [0.2, 0.25) is 0 Å². The van der Waals surface area contributed by atoms with Crippen molar-refractivity contribution < 1.29 is 4.79 Å². The molecule has 184 valence electrons. The molecule has 0 atom stereocenters. The minimum atomic E-state index is -0.251. The van der Waals surface area contributed by atoms with E-state index in [4.69, 9.17) is 16.4 Å². The average molecular weight is 489 g/mol. The Balaban J connectivity index is 1.33. The first kappa shape index (κ1) is 24.0. The third-order valence-corrected chi connectivity index (χ3v) is 7.35. The number of nitrogens with two attached hydrogens (primary N) is 1. The van der Waals surface area contributed by atoms with Gasteiger partial charge in [-0.25, -0.2) is 4.98 Å². The van der Waals surface area contributed by atoms with Crippen LogP contribution in [0.1, 0.15) is 35.7 Å². The number of carbonyl (C=O) groups excluding carboxylic acids is 1. The zero-order valence-corrected chi connectivity index (χ0v) is 20.7. The molecule has 1 aliphatic heterocycles. The number of benzene rings is 2. The highest BCUT2D eigenvalue weighted by Crippen LogP contribution is 2.33. The minimum Gasteiger partial charge on any atom is -0.405 e. The lowest BCUT2D eigenvalue weighted by molar-refractivity contribution is 0.0669. The Hall–Kier alpha value is -4.70. The topological polar surface area (TPSA) is 111 Å². The quantitative estimate of drug-likeness (QED) is 0.373. The highest BCUT2D eigenvalue weighted by molar-refractivity contribution is 5.98. The first-order valence-corrected chi connectivity index (χ1v) is 12.3. The van der Waals surface area contributed by atoms with Crippen LogP contribution in [0.2, 0.25) is 0 Å². The zero-order chi connectivity index (χ0) is 26.0. The molecule has 1 fully saturated rings. The maximum Gasteiger partial charge on any atom is 0.253 e. The number of nitriles is 1. The molecule has 0 spiro atoms. The molecule has 1 amide bonds. The Kier molecular flexibility index (Phi) is 6.33. The number of piperidine rings is 1. The van der Waals surface area contributed by atoms with E-state index in [1.165, 1.54) is 6.20 Å². The monoisotopic (exact) mass is 488 g/mol. The van der Waals surface area contributed by atoms with E-state index in [1.54, 1.807) is 18.2 Å². The van der Waals surface area contributed by atoms with Crippen LogP contribution in [-0.4, -0.2) is 39.0 Å². The van der Waals surface area contributed by atoms with E-state index in [0.717, 1.165) is 40.9 Å². The summed E-state index contributed by atoms with van der Waals surface area (Å²) in [7, 11) is 0. The second-order valence-electron chi connectivity index (χ2n) is 9.68. The molecule has 37 heavy (non-hydrogen) atoms. The fraction of sp³-hybridized carbons (Fsp3) is 0.200. The van der Waals surface area contributed by atoms with Crippen molar-refractivity contribution in [1.82, 2.24) is 14.3 Å². The molecular formula is C30H28N6O. The van der Waals surface area contributed by atoms with Crippen LogP contribution in [0.3, 0.4) is 0 Å². The van der Waals surface area contributed by atoms with Crippen LogP contribution in [-0.2, 0) is 0 Å². The Morgan fingerprint density at radius 1 is 1.03 bits per heavy atom. The van der Waals surface area contributed by atoms with Gasteiger partial charge in [-0.15, -0.1) is 0 Å². The Bertz CT molecular complexity index is 1530. The van der Waals surface area contributed by atoms with Crippen molar-refractivity contribution in [3.05, 3.63) is 96.5 Å². The van der Waals surface area contributed by atoms with Gasteiger partial charge in [-0.3, -0.25) is 9.20 Å². The Labute approximate surface area is 216 Å². The number of amides is 1. The first-order valence-electron chi connectivity index (χ1n) is 12.3. The van der Waals surface area contributed by atoms with Gasteiger partial charge in [0.05, 0.1) is 23.5 Å². The van der Waals surface area contributed by atoms with Gasteiger partial charge in [-0.05, 0) is 72.6 Å². The predicted molar refractivity (Wildman–Crippen MR) is 145 cm³/mol. The fourth-order valence-corrected chi connectivity index (χ4v) is 4.84. The molecule has 2 aromatic carbocycles. The summed E-state index contributed by atoms with van der Waals surface area (Å²) in [6.45, 7) is 3.30. The van der Waals surface area contributed by atoms with E-state index < -0.39 is 0 Å². The molecule has 0 bridgehead atoms. The second-order valence-corrected chi connectivity index (χ2v) is 9.68. The molecule has 2 aromatic heterocycles. The summed E-state index contributed by atoms with van der Waals surface area (Å²) >= 11 is 0. The number of fused-ring (bicyclic) bond motifs is 1. The van der Waals surface area contributed by atoms with Crippen LogP contribution in [0.4, 0.5) is 0 Å². The van der Waals surface area contributed by atoms with E-state index in [-0.39, 0.29) is 11.3 Å². The van der Waals surface area contributed by atoms with Gasteiger partial charge in [-0.1, -0.05) is 31.2 Å². The van der Waals surface area contributed by atoms with Crippen LogP contribution in [0.5, 0.6) is 0 Å². The summed E-state index contributed by atoms with van der Waals surface area (Å²) in [5, 5.41) is 17.3. The van der Waals surface area contributed by atoms with Crippen LogP contribution < -0.4 is 5.73 Å². The molecule has 0 saturated carbocycles. The van der Waals surface area contributed by atoms with E-state index in [2.05, 4.69) is 18.0 Å². The summed E-state index contributed by atoms with van der Waals surface area (Å²) < 4.78 is 2.04. The van der Waals surface area contributed by atoms with Crippen LogP contribution >= 0.6 is 0 Å². The molecule has 1 saturated heterocycles. The lowest BCUT2D eigenvalue weighted by Crippen LogP contribution is -2.44. The predicted octanol–water partition coefficient (Wildman–Crippen LogP) is 5.27. The maximum atomic E-state index is 13.1. The lowest BCUT2D eigenvalue weighted by Gasteiger charge is -2.39. The highest BCUT2D eigenvalue weighted by atomic mass is 16.2. The number of hydrogen-bond acceptors (Lipinski definition) is 5. The molecule has 7 nitrogen and oxygen atoms in total. The third kappa shape index (κ3) is 4.62. The standard InChI is InChI=1S/C30H28N6O/c1-30(27(33)12-15-31)13-16-35(17-14-30)29(37)24-8-6-22(7-9-24)25-10-11-28-34-19-26(36(28)20-25)23-4-2-21(18-32)3-5-23/h2-12,15,19-20,33H,13-14,16-17,31H2,1H3/b15-12-,33-27?. The molecule has 5 rings (SSSR count). The fourth-order valence-electron chi connectivity index (χ4n) is 4.84. The SMILES string of the molecule is CC1(C(=N)/C=C\N)CCN(C(=O)c2ccc(-c3ccc4ncc(-c5ccc(C#N)cc5)n4c3)cc2)CC1.